The van der Waals surface area contributed by atoms with Crippen LogP contribution in [0.4, 0.5) is 11.4 Å². The summed E-state index contributed by atoms with van der Waals surface area (Å²) in [7, 11) is 1.55. The van der Waals surface area contributed by atoms with Gasteiger partial charge in [0.2, 0.25) is 11.8 Å². The minimum atomic E-state index is -0.0215. The number of rotatable bonds is 6. The number of benzene rings is 1. The second-order valence-electron chi connectivity index (χ2n) is 7.90. The number of nitrogens with zero attached hydrogens (tertiary/aromatic N) is 4. The Morgan fingerprint density at radius 3 is 2.47 bits per heavy atom. The number of likely N-dealkylation sites (tertiary alicyclic amines) is 1. The molecule has 1 N–H and O–H groups in total. The predicted octanol–water partition coefficient (Wildman–Crippen LogP) is 1.90. The molecule has 1 aromatic heterocycles. The van der Waals surface area contributed by atoms with Crippen LogP contribution in [0, 0.1) is 5.92 Å². The van der Waals surface area contributed by atoms with Gasteiger partial charge in [0, 0.05) is 39.0 Å². The van der Waals surface area contributed by atoms with E-state index in [1.165, 1.54) is 5.56 Å². The second-order valence-corrected chi connectivity index (χ2v) is 7.90. The molecule has 0 saturated carbocycles. The van der Waals surface area contributed by atoms with Crippen molar-refractivity contribution in [2.75, 3.05) is 50.1 Å². The number of aromatic nitrogens is 2. The van der Waals surface area contributed by atoms with E-state index in [0.29, 0.717) is 19.0 Å². The third kappa shape index (κ3) is 4.59. The number of nitrogens with one attached hydrogen (secondary N) is 1. The molecule has 2 amide bonds. The van der Waals surface area contributed by atoms with Gasteiger partial charge >= 0.3 is 0 Å². The summed E-state index contributed by atoms with van der Waals surface area (Å²) >= 11 is 0. The fraction of sp³-hybridized carbons (Fsp3) is 0.455. The highest BCUT2D eigenvalue weighted by Gasteiger charge is 2.33. The van der Waals surface area contributed by atoms with Crippen molar-refractivity contribution >= 4 is 23.2 Å². The van der Waals surface area contributed by atoms with Crippen molar-refractivity contribution in [3.63, 3.8) is 0 Å². The van der Waals surface area contributed by atoms with Crippen LogP contribution < -0.4 is 10.2 Å². The molecule has 0 spiro atoms. The first-order valence-corrected chi connectivity index (χ1v) is 10.3. The maximum absolute atomic E-state index is 12.5. The molecule has 1 aromatic carbocycles. The normalized spacial score (nSPS) is 17.5. The van der Waals surface area contributed by atoms with E-state index < -0.39 is 0 Å². The van der Waals surface area contributed by atoms with E-state index in [4.69, 9.17) is 4.74 Å². The number of amides is 2. The SMILES string of the molecule is COCC(=O)N1CCC(c2ccc(NC(=O)C3CN(c4ccnnc4)C3)cc2)CC1. The fourth-order valence-corrected chi connectivity index (χ4v) is 4.09. The number of anilines is 2. The number of hydrogen-bond acceptors (Lipinski definition) is 6. The van der Waals surface area contributed by atoms with E-state index in [1.54, 1.807) is 19.5 Å². The van der Waals surface area contributed by atoms with Crippen LogP contribution in [0.15, 0.2) is 42.7 Å². The van der Waals surface area contributed by atoms with E-state index >= 15 is 0 Å². The zero-order chi connectivity index (χ0) is 20.9. The van der Waals surface area contributed by atoms with Crippen LogP contribution in [0.2, 0.25) is 0 Å². The number of hydrogen-bond donors (Lipinski definition) is 1. The molecule has 0 aliphatic carbocycles. The molecular weight excluding hydrogens is 382 g/mol. The first kappa shape index (κ1) is 20.3. The summed E-state index contributed by atoms with van der Waals surface area (Å²) in [6.45, 7) is 3.05. The van der Waals surface area contributed by atoms with Gasteiger partial charge in [0.1, 0.15) is 6.61 Å². The Labute approximate surface area is 176 Å². The van der Waals surface area contributed by atoms with Crippen LogP contribution >= 0.6 is 0 Å². The van der Waals surface area contributed by atoms with Crippen LogP contribution in [0.25, 0.3) is 0 Å². The largest absolute Gasteiger partial charge is 0.375 e. The van der Waals surface area contributed by atoms with Gasteiger partial charge in [-0.3, -0.25) is 9.59 Å². The van der Waals surface area contributed by atoms with Gasteiger partial charge in [0.05, 0.1) is 24.0 Å². The predicted molar refractivity (Wildman–Crippen MR) is 113 cm³/mol. The molecule has 158 valence electrons. The number of piperidine rings is 1. The van der Waals surface area contributed by atoms with Crippen LogP contribution in [0.5, 0.6) is 0 Å². The van der Waals surface area contributed by atoms with Crippen LogP contribution in [0.3, 0.4) is 0 Å². The number of carbonyl (C=O) groups is 2. The van der Waals surface area contributed by atoms with Crippen LogP contribution in [-0.4, -0.2) is 66.8 Å². The molecule has 2 aliphatic rings. The Morgan fingerprint density at radius 2 is 1.83 bits per heavy atom. The van der Waals surface area contributed by atoms with Crippen molar-refractivity contribution in [3.05, 3.63) is 48.3 Å². The Bertz CT molecular complexity index is 860. The van der Waals surface area contributed by atoms with Gasteiger partial charge in [-0.25, -0.2) is 0 Å². The number of carbonyl (C=O) groups excluding carboxylic acids is 2. The Balaban J connectivity index is 1.24. The third-order valence-electron chi connectivity index (χ3n) is 5.95. The van der Waals surface area contributed by atoms with Gasteiger partial charge < -0.3 is 19.9 Å². The third-order valence-corrected chi connectivity index (χ3v) is 5.95. The lowest BCUT2D eigenvalue weighted by atomic mass is 9.89. The highest BCUT2D eigenvalue weighted by Crippen LogP contribution is 2.29. The lowest BCUT2D eigenvalue weighted by molar-refractivity contribution is -0.136. The van der Waals surface area contributed by atoms with E-state index in [0.717, 1.165) is 37.3 Å². The van der Waals surface area contributed by atoms with Gasteiger partial charge in [0.25, 0.3) is 0 Å². The summed E-state index contributed by atoms with van der Waals surface area (Å²) in [4.78, 5) is 28.4. The van der Waals surface area contributed by atoms with Crippen molar-refractivity contribution in [3.8, 4) is 0 Å². The first-order valence-electron chi connectivity index (χ1n) is 10.3. The lowest BCUT2D eigenvalue weighted by Crippen LogP contribution is -2.52. The monoisotopic (exact) mass is 409 g/mol. The van der Waals surface area contributed by atoms with Crippen molar-refractivity contribution in [2.45, 2.75) is 18.8 Å². The first-order chi connectivity index (χ1) is 14.6. The molecule has 0 atom stereocenters. The average molecular weight is 409 g/mol. The molecular formula is C22H27N5O3. The molecule has 4 rings (SSSR count). The summed E-state index contributed by atoms with van der Waals surface area (Å²) in [5.74, 6) is 0.525. The molecule has 8 heteroatoms. The van der Waals surface area contributed by atoms with E-state index in [9.17, 15) is 9.59 Å². The van der Waals surface area contributed by atoms with Gasteiger partial charge in [-0.05, 0) is 42.5 Å². The molecule has 2 aromatic rings. The number of methoxy groups -OCH3 is 1. The van der Waals surface area contributed by atoms with Gasteiger partial charge in [-0.1, -0.05) is 12.1 Å². The van der Waals surface area contributed by atoms with Crippen molar-refractivity contribution < 1.29 is 14.3 Å². The molecule has 0 bridgehead atoms. The zero-order valence-corrected chi connectivity index (χ0v) is 17.2. The molecule has 0 radical (unpaired) electrons. The fourth-order valence-electron chi connectivity index (χ4n) is 4.09. The molecule has 2 fully saturated rings. The van der Waals surface area contributed by atoms with Gasteiger partial charge in [-0.2, -0.15) is 10.2 Å². The average Bonchev–Trinajstić information content (AvgIpc) is 2.74. The smallest absolute Gasteiger partial charge is 0.248 e. The van der Waals surface area contributed by atoms with E-state index in [2.05, 4.69) is 32.5 Å². The molecule has 8 nitrogen and oxygen atoms in total. The quantitative estimate of drug-likeness (QED) is 0.784. The standard InChI is InChI=1S/C22H27N5O3/c1-30-15-21(28)26-10-7-17(8-11-26)16-2-4-19(5-3-16)25-22(29)18-13-27(14-18)20-6-9-23-24-12-20/h2-6,9,12,17-18H,7-8,10-11,13-15H2,1H3,(H,25,29). The molecule has 2 aliphatic heterocycles. The maximum atomic E-state index is 12.5. The second kappa shape index (κ2) is 9.21. The summed E-state index contributed by atoms with van der Waals surface area (Å²) in [6.07, 6.45) is 5.27. The van der Waals surface area contributed by atoms with E-state index in [-0.39, 0.29) is 24.3 Å². The molecule has 30 heavy (non-hydrogen) atoms. The zero-order valence-electron chi connectivity index (χ0n) is 17.2. The maximum Gasteiger partial charge on any atom is 0.248 e. The minimum Gasteiger partial charge on any atom is -0.375 e. The Morgan fingerprint density at radius 1 is 1.10 bits per heavy atom. The Hall–Kier alpha value is -3.00. The van der Waals surface area contributed by atoms with Crippen molar-refractivity contribution in [1.82, 2.24) is 15.1 Å². The van der Waals surface area contributed by atoms with Crippen molar-refractivity contribution in [1.29, 1.82) is 0 Å². The molecule has 2 saturated heterocycles. The van der Waals surface area contributed by atoms with Crippen LogP contribution in [-0.2, 0) is 14.3 Å². The van der Waals surface area contributed by atoms with E-state index in [1.807, 2.05) is 23.1 Å². The summed E-state index contributed by atoms with van der Waals surface area (Å²) < 4.78 is 4.94. The summed E-state index contributed by atoms with van der Waals surface area (Å²) in [5, 5.41) is 10.7. The van der Waals surface area contributed by atoms with Gasteiger partial charge in [-0.15, -0.1) is 0 Å². The summed E-state index contributed by atoms with van der Waals surface area (Å²) in [5.41, 5.74) is 3.07. The van der Waals surface area contributed by atoms with Crippen LogP contribution in [0.1, 0.15) is 24.3 Å². The number of ether oxygens (including phenoxy) is 1. The Kier molecular flexibility index (Phi) is 6.23. The summed E-state index contributed by atoms with van der Waals surface area (Å²) in [6, 6.07) is 10.0. The molecule has 3 heterocycles. The van der Waals surface area contributed by atoms with Crippen molar-refractivity contribution in [2.24, 2.45) is 5.92 Å². The highest BCUT2D eigenvalue weighted by atomic mass is 16.5. The minimum absolute atomic E-state index is 0.0215. The lowest BCUT2D eigenvalue weighted by Gasteiger charge is -2.39. The topological polar surface area (TPSA) is 87.7 Å². The highest BCUT2D eigenvalue weighted by molar-refractivity contribution is 5.94. The molecule has 0 unspecified atom stereocenters. The van der Waals surface area contributed by atoms with Gasteiger partial charge in [0.15, 0.2) is 0 Å².